The predicted octanol–water partition coefficient (Wildman–Crippen LogP) is 3.73. The van der Waals surface area contributed by atoms with E-state index < -0.39 is 4.92 Å². The molecule has 1 fully saturated rings. The number of non-ortho nitro benzene ring substituents is 1. The Hall–Kier alpha value is -2.54. The summed E-state index contributed by atoms with van der Waals surface area (Å²) in [6, 6.07) is 12.2. The fourth-order valence-corrected chi connectivity index (χ4v) is 4.37. The third kappa shape index (κ3) is 3.83. The van der Waals surface area contributed by atoms with Gasteiger partial charge in [-0.3, -0.25) is 14.9 Å². The number of carbonyl (C=O) groups is 1. The van der Waals surface area contributed by atoms with Crippen molar-refractivity contribution >= 4 is 23.4 Å². The standard InChI is InChI=1S/C19H20N2O4S/c1-13-11-14(3-8-17(13)25-2)12-18(22)20-9-10-26-19(20)15-4-6-16(7-5-15)21(23)24/h3-8,11,19H,9-10,12H2,1-2H3. The highest BCUT2D eigenvalue weighted by Crippen LogP contribution is 2.38. The van der Waals surface area contributed by atoms with E-state index in [1.165, 1.54) is 12.1 Å². The zero-order valence-corrected chi connectivity index (χ0v) is 15.5. The lowest BCUT2D eigenvalue weighted by Crippen LogP contribution is -2.31. The molecule has 0 aliphatic carbocycles. The average molecular weight is 372 g/mol. The van der Waals surface area contributed by atoms with Gasteiger partial charge in [0.2, 0.25) is 5.91 Å². The second-order valence-corrected chi connectivity index (χ2v) is 7.33. The first-order chi connectivity index (χ1) is 12.5. The first-order valence-corrected chi connectivity index (χ1v) is 9.33. The number of rotatable bonds is 5. The minimum Gasteiger partial charge on any atom is -0.496 e. The lowest BCUT2D eigenvalue weighted by atomic mass is 10.1. The van der Waals surface area contributed by atoms with Gasteiger partial charge in [0, 0.05) is 24.4 Å². The summed E-state index contributed by atoms with van der Waals surface area (Å²) in [7, 11) is 1.63. The summed E-state index contributed by atoms with van der Waals surface area (Å²) in [5.41, 5.74) is 2.92. The van der Waals surface area contributed by atoms with E-state index in [4.69, 9.17) is 4.74 Å². The zero-order valence-electron chi connectivity index (χ0n) is 14.7. The van der Waals surface area contributed by atoms with Gasteiger partial charge < -0.3 is 9.64 Å². The fraction of sp³-hybridized carbons (Fsp3) is 0.316. The van der Waals surface area contributed by atoms with Crippen molar-refractivity contribution in [1.82, 2.24) is 4.90 Å². The van der Waals surface area contributed by atoms with Crippen LogP contribution >= 0.6 is 11.8 Å². The van der Waals surface area contributed by atoms with Gasteiger partial charge in [-0.15, -0.1) is 11.8 Å². The van der Waals surface area contributed by atoms with Crippen LogP contribution in [0.15, 0.2) is 42.5 Å². The number of carbonyl (C=O) groups excluding carboxylic acids is 1. The van der Waals surface area contributed by atoms with Crippen LogP contribution in [0.4, 0.5) is 5.69 Å². The molecule has 6 nitrogen and oxygen atoms in total. The predicted molar refractivity (Wildman–Crippen MR) is 101 cm³/mol. The molecule has 1 atom stereocenters. The summed E-state index contributed by atoms with van der Waals surface area (Å²) in [6.07, 6.45) is 0.328. The number of nitrogens with zero attached hydrogens (tertiary/aromatic N) is 2. The van der Waals surface area contributed by atoms with Crippen LogP contribution in [0.5, 0.6) is 5.75 Å². The molecule has 1 amide bonds. The first-order valence-electron chi connectivity index (χ1n) is 8.28. The van der Waals surface area contributed by atoms with Gasteiger partial charge in [-0.05, 0) is 41.8 Å². The van der Waals surface area contributed by atoms with Crippen LogP contribution in [0.3, 0.4) is 0 Å². The highest BCUT2D eigenvalue weighted by Gasteiger charge is 2.30. The number of hydrogen-bond donors (Lipinski definition) is 0. The molecule has 0 saturated carbocycles. The molecule has 2 aromatic carbocycles. The van der Waals surface area contributed by atoms with Crippen molar-refractivity contribution in [2.24, 2.45) is 0 Å². The van der Waals surface area contributed by atoms with Gasteiger partial charge in [-0.1, -0.05) is 12.1 Å². The van der Waals surface area contributed by atoms with Crippen molar-refractivity contribution < 1.29 is 14.5 Å². The molecule has 1 aliphatic heterocycles. The second-order valence-electron chi connectivity index (χ2n) is 6.14. The summed E-state index contributed by atoms with van der Waals surface area (Å²) < 4.78 is 5.26. The zero-order chi connectivity index (χ0) is 18.7. The quantitative estimate of drug-likeness (QED) is 0.591. The number of benzene rings is 2. The van der Waals surface area contributed by atoms with E-state index in [1.54, 1.807) is 31.0 Å². The van der Waals surface area contributed by atoms with Crippen molar-refractivity contribution in [2.75, 3.05) is 19.4 Å². The van der Waals surface area contributed by atoms with Crippen LogP contribution < -0.4 is 4.74 Å². The van der Waals surface area contributed by atoms with E-state index in [1.807, 2.05) is 30.0 Å². The van der Waals surface area contributed by atoms with Crippen molar-refractivity contribution in [1.29, 1.82) is 0 Å². The largest absolute Gasteiger partial charge is 0.496 e. The molecule has 0 spiro atoms. The molecule has 2 aromatic rings. The Morgan fingerprint density at radius 3 is 2.65 bits per heavy atom. The van der Waals surface area contributed by atoms with E-state index in [-0.39, 0.29) is 17.0 Å². The highest BCUT2D eigenvalue weighted by molar-refractivity contribution is 7.99. The van der Waals surface area contributed by atoms with Gasteiger partial charge in [-0.25, -0.2) is 0 Å². The van der Waals surface area contributed by atoms with Crippen LogP contribution in [-0.2, 0) is 11.2 Å². The monoisotopic (exact) mass is 372 g/mol. The number of thioether (sulfide) groups is 1. The number of ether oxygens (including phenoxy) is 1. The molecule has 1 heterocycles. The minimum atomic E-state index is -0.416. The topological polar surface area (TPSA) is 72.7 Å². The highest BCUT2D eigenvalue weighted by atomic mass is 32.2. The Labute approximate surface area is 156 Å². The van der Waals surface area contributed by atoms with E-state index in [2.05, 4.69) is 0 Å². The van der Waals surface area contributed by atoms with Crippen molar-refractivity contribution in [3.05, 3.63) is 69.3 Å². The van der Waals surface area contributed by atoms with Gasteiger partial charge in [0.25, 0.3) is 5.69 Å². The van der Waals surface area contributed by atoms with Gasteiger partial charge in [0.15, 0.2) is 0 Å². The SMILES string of the molecule is COc1ccc(CC(=O)N2CCSC2c2ccc([N+](=O)[O-])cc2)cc1C. The summed E-state index contributed by atoms with van der Waals surface area (Å²) in [4.78, 5) is 25.1. The number of hydrogen-bond acceptors (Lipinski definition) is 5. The van der Waals surface area contributed by atoms with Crippen LogP contribution in [0.1, 0.15) is 22.1 Å². The van der Waals surface area contributed by atoms with Crippen molar-refractivity contribution in [2.45, 2.75) is 18.7 Å². The van der Waals surface area contributed by atoms with Crippen molar-refractivity contribution in [3.8, 4) is 5.75 Å². The van der Waals surface area contributed by atoms with Crippen LogP contribution in [0, 0.1) is 17.0 Å². The molecule has 0 aromatic heterocycles. The molecule has 0 N–H and O–H groups in total. The number of amides is 1. The molecule has 1 aliphatic rings. The Morgan fingerprint density at radius 2 is 2.04 bits per heavy atom. The van der Waals surface area contributed by atoms with Crippen LogP contribution in [0.25, 0.3) is 0 Å². The van der Waals surface area contributed by atoms with Gasteiger partial charge >= 0.3 is 0 Å². The second kappa shape index (κ2) is 7.78. The Balaban J connectivity index is 1.73. The number of methoxy groups -OCH3 is 1. The molecule has 7 heteroatoms. The molecule has 1 saturated heterocycles. The molecule has 26 heavy (non-hydrogen) atoms. The molecule has 136 valence electrons. The normalized spacial score (nSPS) is 16.5. The number of aryl methyl sites for hydroxylation is 1. The smallest absolute Gasteiger partial charge is 0.269 e. The summed E-state index contributed by atoms with van der Waals surface area (Å²) in [6.45, 7) is 2.64. The lowest BCUT2D eigenvalue weighted by Gasteiger charge is -2.24. The maximum Gasteiger partial charge on any atom is 0.269 e. The minimum absolute atomic E-state index is 0.0583. The third-order valence-corrected chi connectivity index (χ3v) is 5.68. The van der Waals surface area contributed by atoms with Gasteiger partial charge in [-0.2, -0.15) is 0 Å². The molecule has 0 bridgehead atoms. The average Bonchev–Trinajstić information content (AvgIpc) is 3.12. The number of nitro benzene ring substituents is 1. The molecule has 3 rings (SSSR count). The van der Waals surface area contributed by atoms with E-state index in [0.717, 1.165) is 28.2 Å². The van der Waals surface area contributed by atoms with Gasteiger partial charge in [0.1, 0.15) is 11.1 Å². The molecule has 1 unspecified atom stereocenters. The maximum absolute atomic E-state index is 12.8. The van der Waals surface area contributed by atoms with E-state index in [0.29, 0.717) is 13.0 Å². The van der Waals surface area contributed by atoms with Crippen LogP contribution in [-0.4, -0.2) is 35.1 Å². The Bertz CT molecular complexity index is 823. The summed E-state index contributed by atoms with van der Waals surface area (Å²) >= 11 is 1.68. The maximum atomic E-state index is 12.8. The van der Waals surface area contributed by atoms with Gasteiger partial charge in [0.05, 0.1) is 18.5 Å². The number of nitro groups is 1. The van der Waals surface area contributed by atoms with E-state index >= 15 is 0 Å². The first kappa shape index (κ1) is 18.3. The summed E-state index contributed by atoms with van der Waals surface area (Å²) in [5, 5.41) is 10.7. The third-order valence-electron chi connectivity index (χ3n) is 4.42. The Morgan fingerprint density at radius 1 is 1.31 bits per heavy atom. The molecular formula is C19H20N2O4S. The van der Waals surface area contributed by atoms with E-state index in [9.17, 15) is 14.9 Å². The summed E-state index contributed by atoms with van der Waals surface area (Å²) in [5.74, 6) is 1.72. The molecule has 0 radical (unpaired) electrons. The van der Waals surface area contributed by atoms with Crippen LogP contribution in [0.2, 0.25) is 0 Å². The fourth-order valence-electron chi connectivity index (χ4n) is 3.09. The molecular weight excluding hydrogens is 352 g/mol. The Kier molecular flexibility index (Phi) is 5.46. The van der Waals surface area contributed by atoms with Crippen molar-refractivity contribution in [3.63, 3.8) is 0 Å². The lowest BCUT2D eigenvalue weighted by molar-refractivity contribution is -0.384.